The number of carbonyl (C=O) groups is 1. The van der Waals surface area contributed by atoms with Gasteiger partial charge in [-0.25, -0.2) is 13.6 Å². The molecule has 34 heavy (non-hydrogen) atoms. The highest BCUT2D eigenvalue weighted by Crippen LogP contribution is 2.13. The van der Waals surface area contributed by atoms with Crippen LogP contribution in [-0.2, 0) is 24.3 Å². The van der Waals surface area contributed by atoms with Gasteiger partial charge in [0.15, 0.2) is 0 Å². The summed E-state index contributed by atoms with van der Waals surface area (Å²) >= 11 is 5.00. The van der Waals surface area contributed by atoms with Gasteiger partial charge < -0.3 is 5.32 Å². The highest BCUT2D eigenvalue weighted by Gasteiger charge is 2.16. The predicted molar refractivity (Wildman–Crippen MR) is 133 cm³/mol. The summed E-state index contributed by atoms with van der Waals surface area (Å²) < 4.78 is 30.0. The summed E-state index contributed by atoms with van der Waals surface area (Å²) in [5, 5.41) is 2.37. The van der Waals surface area contributed by atoms with Crippen molar-refractivity contribution in [2.75, 3.05) is 11.2 Å². The van der Waals surface area contributed by atoms with Gasteiger partial charge in [-0.3, -0.25) is 18.7 Å². The molecule has 1 aromatic heterocycles. The molecule has 0 saturated heterocycles. The van der Waals surface area contributed by atoms with E-state index < -0.39 is 35.3 Å². The summed E-state index contributed by atoms with van der Waals surface area (Å²) in [5.74, 6) is -1.39. The van der Waals surface area contributed by atoms with Crippen LogP contribution in [0.5, 0.6) is 0 Å². The zero-order valence-corrected chi connectivity index (χ0v) is 20.5. The monoisotopic (exact) mass is 493 g/mol. The Balaban J connectivity index is 0.00000107. The summed E-state index contributed by atoms with van der Waals surface area (Å²) in [7, 11) is 0. The van der Waals surface area contributed by atoms with Crippen LogP contribution in [0.2, 0.25) is 0 Å². The molecule has 1 amide bonds. The summed E-state index contributed by atoms with van der Waals surface area (Å²) in [6.45, 7) is 6.74. The number of aromatic nitrogens is 2. The van der Waals surface area contributed by atoms with Gasteiger partial charge in [0, 0.05) is 31.1 Å². The molecule has 0 saturated carbocycles. The van der Waals surface area contributed by atoms with Crippen molar-refractivity contribution in [3.63, 3.8) is 0 Å². The van der Waals surface area contributed by atoms with E-state index in [-0.39, 0.29) is 17.8 Å². The lowest BCUT2D eigenvalue weighted by Gasteiger charge is -2.14. The van der Waals surface area contributed by atoms with Gasteiger partial charge in [0.1, 0.15) is 17.3 Å². The van der Waals surface area contributed by atoms with E-state index in [4.69, 9.17) is 11.6 Å². The molecule has 0 bridgehead atoms. The number of benzene rings is 2. The van der Waals surface area contributed by atoms with Crippen molar-refractivity contribution >= 4 is 23.2 Å². The summed E-state index contributed by atoms with van der Waals surface area (Å²) in [4.78, 5) is 37.0. The van der Waals surface area contributed by atoms with Crippen molar-refractivity contribution in [3.05, 3.63) is 98.3 Å². The first-order valence-corrected chi connectivity index (χ1v) is 11.5. The molecule has 6 nitrogen and oxygen atoms in total. The van der Waals surface area contributed by atoms with E-state index in [1.807, 2.05) is 51.1 Å². The standard InChI is InChI=1S/C21H19F2N3O3.C2H5Cl.C2H6/c1-14(27)24-19-13-25(12-16-17(22)8-5-9-18(16)23)21(29)26(20(19)28)11-10-15-6-3-2-4-7-15;1-2-3;1-2/h2-9,13H,10-12H2,1H3,(H,24,27);2H2,1H3;1-2H3. The minimum Gasteiger partial charge on any atom is -0.321 e. The van der Waals surface area contributed by atoms with E-state index >= 15 is 0 Å². The summed E-state index contributed by atoms with van der Waals surface area (Å²) in [6.07, 6.45) is 1.50. The zero-order chi connectivity index (χ0) is 25.7. The van der Waals surface area contributed by atoms with Gasteiger partial charge in [-0.05, 0) is 24.1 Å². The van der Waals surface area contributed by atoms with E-state index in [9.17, 15) is 23.2 Å². The van der Waals surface area contributed by atoms with Crippen LogP contribution in [0.4, 0.5) is 14.5 Å². The number of carbonyl (C=O) groups excluding carboxylic acids is 1. The number of rotatable bonds is 6. The normalized spacial score (nSPS) is 9.85. The molecule has 0 radical (unpaired) electrons. The average Bonchev–Trinajstić information content (AvgIpc) is 2.81. The minimum atomic E-state index is -0.806. The average molecular weight is 494 g/mol. The fraction of sp³-hybridized carbons (Fsp3) is 0.320. The van der Waals surface area contributed by atoms with Gasteiger partial charge in [-0.15, -0.1) is 11.6 Å². The van der Waals surface area contributed by atoms with E-state index in [0.29, 0.717) is 6.42 Å². The zero-order valence-electron chi connectivity index (χ0n) is 19.8. The van der Waals surface area contributed by atoms with Gasteiger partial charge in [-0.2, -0.15) is 0 Å². The van der Waals surface area contributed by atoms with Crippen LogP contribution in [-0.4, -0.2) is 20.9 Å². The van der Waals surface area contributed by atoms with Crippen LogP contribution in [0, 0.1) is 11.6 Å². The van der Waals surface area contributed by atoms with Gasteiger partial charge >= 0.3 is 5.69 Å². The van der Waals surface area contributed by atoms with Gasteiger partial charge in [0.2, 0.25) is 5.91 Å². The van der Waals surface area contributed by atoms with Crippen molar-refractivity contribution in [1.29, 1.82) is 0 Å². The summed E-state index contributed by atoms with van der Waals surface area (Å²) in [6, 6.07) is 12.6. The Bertz CT molecular complexity index is 1160. The van der Waals surface area contributed by atoms with Crippen LogP contribution < -0.4 is 16.6 Å². The molecule has 1 N–H and O–H groups in total. The van der Waals surface area contributed by atoms with Gasteiger partial charge in [0.05, 0.1) is 6.54 Å². The number of alkyl halides is 1. The maximum absolute atomic E-state index is 14.0. The van der Waals surface area contributed by atoms with Crippen LogP contribution in [0.25, 0.3) is 0 Å². The van der Waals surface area contributed by atoms with Crippen molar-refractivity contribution in [2.24, 2.45) is 0 Å². The van der Waals surface area contributed by atoms with Gasteiger partial charge in [0.25, 0.3) is 5.56 Å². The highest BCUT2D eigenvalue weighted by molar-refractivity contribution is 6.17. The molecule has 0 unspecified atom stereocenters. The Morgan fingerprint density at radius 1 is 1.00 bits per heavy atom. The van der Waals surface area contributed by atoms with Crippen LogP contribution in [0.1, 0.15) is 38.8 Å². The molecule has 0 aliphatic carbocycles. The second-order valence-electron chi connectivity index (χ2n) is 6.79. The smallest absolute Gasteiger partial charge is 0.321 e. The molecule has 184 valence electrons. The van der Waals surface area contributed by atoms with Crippen molar-refractivity contribution < 1.29 is 13.6 Å². The lowest BCUT2D eigenvalue weighted by Crippen LogP contribution is -2.41. The molecule has 0 spiro atoms. The van der Waals surface area contributed by atoms with E-state index in [0.717, 1.165) is 38.9 Å². The fourth-order valence-corrected chi connectivity index (χ4v) is 2.98. The largest absolute Gasteiger partial charge is 0.331 e. The number of hydrogen-bond donors (Lipinski definition) is 1. The lowest BCUT2D eigenvalue weighted by atomic mass is 10.1. The lowest BCUT2D eigenvalue weighted by molar-refractivity contribution is -0.114. The Labute approximate surface area is 202 Å². The Hall–Kier alpha value is -3.26. The van der Waals surface area contributed by atoms with Gasteiger partial charge in [-0.1, -0.05) is 57.2 Å². The molecule has 3 rings (SSSR count). The van der Waals surface area contributed by atoms with Crippen molar-refractivity contribution in [1.82, 2.24) is 9.13 Å². The Kier molecular flexibility index (Phi) is 12.5. The third-order valence-electron chi connectivity index (χ3n) is 4.40. The SMILES string of the molecule is CC.CC(=O)Nc1cn(Cc2c(F)cccc2F)c(=O)n(CCc2ccccc2)c1=O.CCCl. The molecule has 2 aromatic carbocycles. The maximum Gasteiger partial charge on any atom is 0.331 e. The molecule has 0 fully saturated rings. The first kappa shape index (κ1) is 28.8. The van der Waals surface area contributed by atoms with E-state index in [2.05, 4.69) is 5.32 Å². The van der Waals surface area contributed by atoms with E-state index in [1.54, 1.807) is 0 Å². The summed E-state index contributed by atoms with van der Waals surface area (Å²) in [5.41, 5.74) is -0.928. The highest BCUT2D eigenvalue weighted by atomic mass is 35.5. The molecule has 3 aromatic rings. The topological polar surface area (TPSA) is 73.1 Å². The van der Waals surface area contributed by atoms with Crippen molar-refractivity contribution in [3.8, 4) is 0 Å². The quantitative estimate of drug-likeness (QED) is 0.501. The molecular weight excluding hydrogens is 464 g/mol. The third kappa shape index (κ3) is 8.26. The number of amides is 1. The Morgan fingerprint density at radius 3 is 2.09 bits per heavy atom. The number of halogens is 3. The minimum absolute atomic E-state index is 0.0505. The first-order valence-electron chi connectivity index (χ1n) is 10.9. The van der Waals surface area contributed by atoms with Crippen molar-refractivity contribution in [2.45, 2.75) is 47.2 Å². The number of aryl methyl sites for hydroxylation is 1. The molecule has 0 atom stereocenters. The molecule has 1 heterocycles. The van der Waals surface area contributed by atoms with E-state index in [1.165, 1.54) is 13.0 Å². The van der Waals surface area contributed by atoms with Crippen LogP contribution in [0.3, 0.4) is 0 Å². The number of nitrogens with one attached hydrogen (secondary N) is 1. The molecular formula is C25H30ClF2N3O3. The molecule has 0 aliphatic heterocycles. The number of hydrogen-bond acceptors (Lipinski definition) is 3. The molecule has 9 heteroatoms. The number of nitrogens with zero attached hydrogens (tertiary/aromatic N) is 2. The predicted octanol–water partition coefficient (Wildman–Crippen LogP) is 4.81. The van der Waals surface area contributed by atoms with Crippen LogP contribution in [0.15, 0.2) is 64.3 Å². The second-order valence-corrected chi connectivity index (χ2v) is 7.33. The molecule has 0 aliphatic rings. The number of anilines is 1. The van der Waals surface area contributed by atoms with Crippen LogP contribution >= 0.6 is 11.6 Å². The maximum atomic E-state index is 14.0. The third-order valence-corrected chi connectivity index (χ3v) is 4.40. The Morgan fingerprint density at radius 2 is 1.56 bits per heavy atom. The first-order chi connectivity index (χ1) is 16.3. The fourth-order valence-electron chi connectivity index (χ4n) is 2.98. The second kappa shape index (κ2) is 14.8.